The largest absolute Gasteiger partial charge is 0.480 e. The van der Waals surface area contributed by atoms with E-state index in [9.17, 15) is 18.4 Å². The Hall–Kier alpha value is -1.20. The highest BCUT2D eigenvalue weighted by Crippen LogP contribution is 2.60. The topological polar surface area (TPSA) is 66.4 Å². The van der Waals surface area contributed by atoms with E-state index < -0.39 is 35.7 Å². The molecular weight excluding hydrogens is 208 g/mol. The van der Waals surface area contributed by atoms with Crippen LogP contribution in [0.15, 0.2) is 0 Å². The van der Waals surface area contributed by atoms with Gasteiger partial charge in [0.15, 0.2) is 0 Å². The predicted octanol–water partition coefficient (Wildman–Crippen LogP) is 1.01. The van der Waals surface area contributed by atoms with Crippen LogP contribution in [-0.2, 0) is 9.59 Å². The van der Waals surface area contributed by atoms with Gasteiger partial charge in [0, 0.05) is 6.42 Å². The number of hydrogen-bond acceptors (Lipinski definition) is 2. The Morgan fingerprint density at radius 3 is 2.27 bits per heavy atom. The molecule has 86 valence electrons. The van der Waals surface area contributed by atoms with E-state index in [2.05, 4.69) is 5.32 Å². The summed E-state index contributed by atoms with van der Waals surface area (Å²) in [6.45, 7) is 2.70. The molecule has 2 N–H and O–H groups in total. The lowest BCUT2D eigenvalue weighted by atomic mass is 10.1. The second-order valence-electron chi connectivity index (χ2n) is 3.99. The molecule has 0 aliphatic heterocycles. The maximum Gasteiger partial charge on any atom is 0.326 e. The summed E-state index contributed by atoms with van der Waals surface area (Å²) in [4.78, 5) is 21.9. The molecule has 0 aromatic heterocycles. The van der Waals surface area contributed by atoms with Gasteiger partial charge in [-0.05, 0) is 13.3 Å². The number of carbonyl (C=O) groups excluding carboxylic acids is 1. The van der Waals surface area contributed by atoms with Gasteiger partial charge >= 0.3 is 5.97 Å². The van der Waals surface area contributed by atoms with Crippen LogP contribution in [0.5, 0.6) is 0 Å². The van der Waals surface area contributed by atoms with Crippen LogP contribution in [0.2, 0.25) is 0 Å². The number of hydrogen-bond donors (Lipinski definition) is 2. The number of carbonyl (C=O) groups is 2. The number of halogens is 2. The number of alkyl halides is 2. The summed E-state index contributed by atoms with van der Waals surface area (Å²) < 4.78 is 25.6. The van der Waals surface area contributed by atoms with Gasteiger partial charge in [-0.25, -0.2) is 13.6 Å². The Bertz CT molecular complexity index is 306. The summed E-state index contributed by atoms with van der Waals surface area (Å²) in [5.41, 5.74) is -1.73. The van der Waals surface area contributed by atoms with Crippen LogP contribution in [0, 0.1) is 5.41 Å². The molecule has 1 fully saturated rings. The van der Waals surface area contributed by atoms with E-state index in [1.807, 2.05) is 0 Å². The first kappa shape index (κ1) is 11.9. The van der Waals surface area contributed by atoms with Crippen LogP contribution in [-0.4, -0.2) is 28.9 Å². The minimum atomic E-state index is -3.01. The zero-order chi connectivity index (χ0) is 11.9. The lowest BCUT2D eigenvalue weighted by Gasteiger charge is -2.15. The van der Waals surface area contributed by atoms with Crippen molar-refractivity contribution in [1.82, 2.24) is 5.32 Å². The Labute approximate surface area is 85.7 Å². The Balaban J connectivity index is 2.61. The quantitative estimate of drug-likeness (QED) is 0.744. The molecule has 1 rings (SSSR count). The normalized spacial score (nSPS) is 29.3. The summed E-state index contributed by atoms with van der Waals surface area (Å²) >= 11 is 0. The highest BCUT2D eigenvalue weighted by molar-refractivity contribution is 5.90. The molecule has 0 aromatic carbocycles. The van der Waals surface area contributed by atoms with Crippen molar-refractivity contribution in [3.05, 3.63) is 0 Å². The van der Waals surface area contributed by atoms with E-state index in [0.717, 1.165) is 6.92 Å². The van der Waals surface area contributed by atoms with Crippen molar-refractivity contribution >= 4 is 11.9 Å². The van der Waals surface area contributed by atoms with Crippen LogP contribution in [0.4, 0.5) is 8.78 Å². The summed E-state index contributed by atoms with van der Waals surface area (Å²) in [6, 6.07) is -1.09. The number of amides is 1. The average molecular weight is 221 g/mol. The van der Waals surface area contributed by atoms with Crippen LogP contribution >= 0.6 is 0 Å². The zero-order valence-corrected chi connectivity index (χ0v) is 8.51. The van der Waals surface area contributed by atoms with Gasteiger partial charge in [-0.3, -0.25) is 4.79 Å². The molecular formula is C9H13F2NO3. The SMILES string of the molecule is CCC(NC(=O)C1(C)CC1(F)F)C(=O)O. The summed E-state index contributed by atoms with van der Waals surface area (Å²) in [6.07, 6.45) is -0.343. The molecule has 2 unspecified atom stereocenters. The highest BCUT2D eigenvalue weighted by atomic mass is 19.3. The first-order valence-electron chi connectivity index (χ1n) is 4.66. The summed E-state index contributed by atoms with van der Waals surface area (Å²) in [5.74, 6) is -5.10. The molecule has 1 amide bonds. The van der Waals surface area contributed by atoms with E-state index in [4.69, 9.17) is 5.11 Å². The molecule has 0 radical (unpaired) electrons. The third-order valence-electron chi connectivity index (χ3n) is 2.77. The fourth-order valence-corrected chi connectivity index (χ4v) is 1.30. The lowest BCUT2D eigenvalue weighted by molar-refractivity contribution is -0.143. The Morgan fingerprint density at radius 1 is 1.53 bits per heavy atom. The fraction of sp³-hybridized carbons (Fsp3) is 0.778. The van der Waals surface area contributed by atoms with Gasteiger partial charge in [0.25, 0.3) is 5.92 Å². The number of carboxylic acid groups (broad SMARTS) is 1. The predicted molar refractivity (Wildman–Crippen MR) is 47.5 cm³/mol. The molecule has 0 heterocycles. The van der Waals surface area contributed by atoms with Crippen molar-refractivity contribution in [2.45, 2.75) is 38.7 Å². The van der Waals surface area contributed by atoms with Crippen molar-refractivity contribution in [1.29, 1.82) is 0 Å². The number of aliphatic carboxylic acids is 1. The molecule has 0 saturated heterocycles. The molecule has 2 atom stereocenters. The summed E-state index contributed by atoms with van der Waals surface area (Å²) in [5, 5.41) is 10.7. The fourth-order valence-electron chi connectivity index (χ4n) is 1.30. The van der Waals surface area contributed by atoms with Gasteiger partial charge in [0.1, 0.15) is 11.5 Å². The van der Waals surface area contributed by atoms with Gasteiger partial charge < -0.3 is 10.4 Å². The molecule has 6 heteroatoms. The second kappa shape index (κ2) is 3.43. The van der Waals surface area contributed by atoms with Crippen molar-refractivity contribution in [3.8, 4) is 0 Å². The van der Waals surface area contributed by atoms with Gasteiger partial charge in [-0.15, -0.1) is 0 Å². The first-order chi connectivity index (χ1) is 6.74. The molecule has 1 aliphatic rings. The maximum absolute atomic E-state index is 12.8. The van der Waals surface area contributed by atoms with Crippen LogP contribution in [0.3, 0.4) is 0 Å². The van der Waals surface area contributed by atoms with Gasteiger partial charge in [0.2, 0.25) is 5.91 Å². The second-order valence-corrected chi connectivity index (χ2v) is 3.99. The van der Waals surface area contributed by atoms with Crippen LogP contribution in [0.25, 0.3) is 0 Å². The van der Waals surface area contributed by atoms with E-state index in [0.29, 0.717) is 0 Å². The van der Waals surface area contributed by atoms with Gasteiger partial charge in [-0.2, -0.15) is 0 Å². The molecule has 1 aliphatic carbocycles. The molecule has 0 spiro atoms. The number of rotatable bonds is 4. The van der Waals surface area contributed by atoms with Crippen molar-refractivity contribution in [3.63, 3.8) is 0 Å². The van der Waals surface area contributed by atoms with Crippen LogP contribution < -0.4 is 5.32 Å². The van der Waals surface area contributed by atoms with Crippen molar-refractivity contribution in [2.75, 3.05) is 0 Å². The van der Waals surface area contributed by atoms with E-state index in [1.165, 1.54) is 0 Å². The molecule has 0 bridgehead atoms. The molecule has 1 saturated carbocycles. The van der Waals surface area contributed by atoms with Crippen LogP contribution in [0.1, 0.15) is 26.7 Å². The smallest absolute Gasteiger partial charge is 0.326 e. The minimum absolute atomic E-state index is 0.169. The standard InChI is InChI=1S/C9H13F2NO3/c1-3-5(6(13)14)12-7(15)8(2)4-9(8,10)11/h5H,3-4H2,1-2H3,(H,12,15)(H,13,14). The van der Waals surface area contributed by atoms with Crippen molar-refractivity contribution < 1.29 is 23.5 Å². The van der Waals surface area contributed by atoms with Gasteiger partial charge in [0.05, 0.1) is 0 Å². The molecule has 15 heavy (non-hydrogen) atoms. The third kappa shape index (κ3) is 1.93. The first-order valence-corrected chi connectivity index (χ1v) is 4.66. The zero-order valence-electron chi connectivity index (χ0n) is 8.51. The number of nitrogens with one attached hydrogen (secondary N) is 1. The van der Waals surface area contributed by atoms with Gasteiger partial charge in [-0.1, -0.05) is 6.92 Å². The number of carboxylic acids is 1. The van der Waals surface area contributed by atoms with E-state index in [-0.39, 0.29) is 6.42 Å². The Morgan fingerprint density at radius 2 is 2.00 bits per heavy atom. The monoisotopic (exact) mass is 221 g/mol. The van der Waals surface area contributed by atoms with E-state index >= 15 is 0 Å². The van der Waals surface area contributed by atoms with E-state index in [1.54, 1.807) is 6.92 Å². The molecule has 0 aromatic rings. The van der Waals surface area contributed by atoms with Crippen molar-refractivity contribution in [2.24, 2.45) is 5.41 Å². The third-order valence-corrected chi connectivity index (χ3v) is 2.77. The maximum atomic E-state index is 12.8. The molecule has 4 nitrogen and oxygen atoms in total. The lowest BCUT2D eigenvalue weighted by Crippen LogP contribution is -2.44. The average Bonchev–Trinajstić information content (AvgIpc) is 2.62. The highest BCUT2D eigenvalue weighted by Gasteiger charge is 2.72. The summed E-state index contributed by atoms with van der Waals surface area (Å²) in [7, 11) is 0. The Kier molecular flexibility index (Phi) is 2.71. The minimum Gasteiger partial charge on any atom is -0.480 e.